The summed E-state index contributed by atoms with van der Waals surface area (Å²) < 4.78 is 0. The molecule has 0 saturated carbocycles. The zero-order chi connectivity index (χ0) is 13.1. The van der Waals surface area contributed by atoms with Gasteiger partial charge in [0.05, 0.1) is 6.54 Å². The second-order valence-electron chi connectivity index (χ2n) is 5.57. The quantitative estimate of drug-likeness (QED) is 0.784. The zero-order valence-electron chi connectivity index (χ0n) is 11.4. The highest BCUT2D eigenvalue weighted by molar-refractivity contribution is 5.98. The maximum atomic E-state index is 12.0. The van der Waals surface area contributed by atoms with Gasteiger partial charge in [0.1, 0.15) is 0 Å². The highest BCUT2D eigenvalue weighted by atomic mass is 16.1. The van der Waals surface area contributed by atoms with Crippen molar-refractivity contribution in [3.63, 3.8) is 0 Å². The Morgan fingerprint density at radius 2 is 2.28 bits per heavy atom. The monoisotopic (exact) mass is 246 g/mol. The molecule has 0 aliphatic carbocycles. The van der Waals surface area contributed by atoms with Gasteiger partial charge in [-0.05, 0) is 49.6 Å². The molecule has 18 heavy (non-hydrogen) atoms. The summed E-state index contributed by atoms with van der Waals surface area (Å²) in [6.45, 7) is 7.75. The van der Waals surface area contributed by atoms with E-state index in [0.717, 1.165) is 18.5 Å². The number of carbonyl (C=O) groups excluding carboxylic acids is 1. The molecule has 1 aromatic carbocycles. The van der Waals surface area contributed by atoms with Gasteiger partial charge in [0.25, 0.3) is 0 Å². The normalized spacial score (nSPS) is 17.7. The van der Waals surface area contributed by atoms with Gasteiger partial charge >= 0.3 is 0 Å². The third-order valence-corrected chi connectivity index (χ3v) is 3.19. The Morgan fingerprint density at radius 1 is 1.50 bits per heavy atom. The minimum Gasteiger partial charge on any atom is -0.382 e. The average Bonchev–Trinajstić information content (AvgIpc) is 2.67. The van der Waals surface area contributed by atoms with Gasteiger partial charge in [-0.2, -0.15) is 0 Å². The van der Waals surface area contributed by atoms with Crippen molar-refractivity contribution in [2.75, 3.05) is 18.4 Å². The third kappa shape index (κ3) is 3.10. The number of carbonyl (C=O) groups is 1. The maximum Gasteiger partial charge on any atom is 0.176 e. The number of hydrogen-bond donors (Lipinski definition) is 2. The van der Waals surface area contributed by atoms with Crippen molar-refractivity contribution < 1.29 is 4.79 Å². The van der Waals surface area contributed by atoms with E-state index < -0.39 is 0 Å². The van der Waals surface area contributed by atoms with E-state index in [9.17, 15) is 4.79 Å². The van der Waals surface area contributed by atoms with Crippen LogP contribution in [0.4, 0.5) is 5.69 Å². The smallest absolute Gasteiger partial charge is 0.176 e. The molecule has 3 nitrogen and oxygen atoms in total. The third-order valence-electron chi connectivity index (χ3n) is 3.19. The number of fused-ring (bicyclic) bond motifs is 1. The Bertz CT molecular complexity index is 440. The number of ketones is 1. The molecule has 1 aromatic rings. The largest absolute Gasteiger partial charge is 0.382 e. The Labute approximate surface area is 109 Å². The molecule has 1 unspecified atom stereocenters. The van der Waals surface area contributed by atoms with Crippen LogP contribution in [0.3, 0.4) is 0 Å². The molecule has 0 amide bonds. The number of hydrogen-bond acceptors (Lipinski definition) is 3. The number of nitrogens with one attached hydrogen (secondary N) is 2. The molecule has 0 bridgehead atoms. The topological polar surface area (TPSA) is 41.1 Å². The summed E-state index contributed by atoms with van der Waals surface area (Å²) in [6.07, 6.45) is 1.01. The molecule has 0 fully saturated rings. The highest BCUT2D eigenvalue weighted by Gasteiger charge is 2.18. The van der Waals surface area contributed by atoms with Gasteiger partial charge in [-0.1, -0.05) is 13.8 Å². The molecule has 0 aromatic heterocycles. The van der Waals surface area contributed by atoms with Crippen LogP contribution < -0.4 is 10.6 Å². The van der Waals surface area contributed by atoms with Crippen LogP contribution in [-0.2, 0) is 6.42 Å². The first-order valence-electron chi connectivity index (χ1n) is 6.69. The number of benzene rings is 1. The maximum absolute atomic E-state index is 12.0. The van der Waals surface area contributed by atoms with Gasteiger partial charge < -0.3 is 10.6 Å². The molecule has 0 radical (unpaired) electrons. The first kappa shape index (κ1) is 13.1. The predicted molar refractivity (Wildman–Crippen MR) is 75.3 cm³/mol. The standard InChI is InChI=1S/C15H22N2O/c1-10(2)8-16-9-15(18)12-4-5-14-13(7-12)6-11(3)17-14/h4-5,7,10-11,16-17H,6,8-9H2,1-3H3. The van der Waals surface area contributed by atoms with Crippen molar-refractivity contribution in [3.8, 4) is 0 Å². The second-order valence-corrected chi connectivity index (χ2v) is 5.57. The average molecular weight is 246 g/mol. The predicted octanol–water partition coefficient (Wildman–Crippen LogP) is 2.47. The highest BCUT2D eigenvalue weighted by Crippen LogP contribution is 2.26. The van der Waals surface area contributed by atoms with E-state index in [-0.39, 0.29) is 5.78 Å². The van der Waals surface area contributed by atoms with Crippen LogP contribution in [0.25, 0.3) is 0 Å². The molecule has 2 N–H and O–H groups in total. The van der Waals surface area contributed by atoms with Crippen molar-refractivity contribution in [3.05, 3.63) is 29.3 Å². The lowest BCUT2D eigenvalue weighted by atomic mass is 10.0. The number of Topliss-reactive ketones (excluding diaryl/α,β-unsaturated/α-hetero) is 1. The van der Waals surface area contributed by atoms with E-state index >= 15 is 0 Å². The Kier molecular flexibility index (Phi) is 4.02. The van der Waals surface area contributed by atoms with E-state index in [2.05, 4.69) is 31.4 Å². The van der Waals surface area contributed by atoms with Crippen LogP contribution in [0.1, 0.15) is 36.7 Å². The van der Waals surface area contributed by atoms with Crippen LogP contribution in [0, 0.1) is 5.92 Å². The fourth-order valence-electron chi connectivity index (χ4n) is 2.30. The van der Waals surface area contributed by atoms with E-state index in [1.54, 1.807) is 0 Å². The molecule has 2 rings (SSSR count). The Balaban J connectivity index is 1.97. The van der Waals surface area contributed by atoms with Crippen molar-refractivity contribution >= 4 is 11.5 Å². The van der Waals surface area contributed by atoms with Crippen LogP contribution in [0.2, 0.25) is 0 Å². The Hall–Kier alpha value is -1.35. The molecule has 1 aliphatic heterocycles. The lowest BCUT2D eigenvalue weighted by Gasteiger charge is -2.07. The summed E-state index contributed by atoms with van der Waals surface area (Å²) in [4.78, 5) is 12.0. The molecular formula is C15H22N2O. The minimum absolute atomic E-state index is 0.179. The van der Waals surface area contributed by atoms with Gasteiger partial charge in [0, 0.05) is 17.3 Å². The summed E-state index contributed by atoms with van der Waals surface area (Å²) >= 11 is 0. The molecule has 0 spiro atoms. The van der Waals surface area contributed by atoms with Gasteiger partial charge in [0.2, 0.25) is 0 Å². The lowest BCUT2D eigenvalue weighted by Crippen LogP contribution is -2.26. The van der Waals surface area contributed by atoms with Gasteiger partial charge in [-0.3, -0.25) is 4.79 Å². The SMILES string of the molecule is CC(C)CNCC(=O)c1ccc2c(c1)CC(C)N2. The van der Waals surface area contributed by atoms with Crippen molar-refractivity contribution in [1.82, 2.24) is 5.32 Å². The summed E-state index contributed by atoms with van der Waals surface area (Å²) in [7, 11) is 0. The van der Waals surface area contributed by atoms with Crippen LogP contribution >= 0.6 is 0 Å². The van der Waals surface area contributed by atoms with E-state index in [4.69, 9.17) is 0 Å². The van der Waals surface area contributed by atoms with Gasteiger partial charge in [-0.15, -0.1) is 0 Å². The van der Waals surface area contributed by atoms with Gasteiger partial charge in [0.15, 0.2) is 5.78 Å². The Morgan fingerprint density at radius 3 is 3.00 bits per heavy atom. The van der Waals surface area contributed by atoms with E-state index in [1.807, 2.05) is 18.2 Å². The molecule has 3 heteroatoms. The summed E-state index contributed by atoms with van der Waals surface area (Å²) in [5.74, 6) is 0.751. The summed E-state index contributed by atoms with van der Waals surface area (Å²) in [5, 5.41) is 6.59. The molecule has 1 atom stereocenters. The van der Waals surface area contributed by atoms with Crippen molar-refractivity contribution in [2.24, 2.45) is 5.92 Å². The van der Waals surface area contributed by atoms with Crippen molar-refractivity contribution in [2.45, 2.75) is 33.2 Å². The molecule has 98 valence electrons. The summed E-state index contributed by atoms with van der Waals surface area (Å²) in [5.41, 5.74) is 3.26. The van der Waals surface area contributed by atoms with Crippen LogP contribution in [0.5, 0.6) is 0 Å². The van der Waals surface area contributed by atoms with Crippen molar-refractivity contribution in [1.29, 1.82) is 0 Å². The molecule has 0 saturated heterocycles. The van der Waals surface area contributed by atoms with E-state index in [0.29, 0.717) is 18.5 Å². The number of anilines is 1. The van der Waals surface area contributed by atoms with Crippen LogP contribution in [0.15, 0.2) is 18.2 Å². The number of rotatable bonds is 5. The molecule has 1 heterocycles. The molecule has 1 aliphatic rings. The fourth-order valence-corrected chi connectivity index (χ4v) is 2.30. The van der Waals surface area contributed by atoms with E-state index in [1.165, 1.54) is 11.3 Å². The first-order valence-corrected chi connectivity index (χ1v) is 6.69. The van der Waals surface area contributed by atoms with Crippen LogP contribution in [-0.4, -0.2) is 24.9 Å². The lowest BCUT2D eigenvalue weighted by molar-refractivity contribution is 0.0990. The fraction of sp³-hybridized carbons (Fsp3) is 0.533. The minimum atomic E-state index is 0.179. The first-order chi connectivity index (χ1) is 8.56. The second kappa shape index (κ2) is 5.53. The zero-order valence-corrected chi connectivity index (χ0v) is 11.4. The molecular weight excluding hydrogens is 224 g/mol. The van der Waals surface area contributed by atoms with Gasteiger partial charge in [-0.25, -0.2) is 0 Å². The summed E-state index contributed by atoms with van der Waals surface area (Å²) in [6, 6.07) is 6.45.